The lowest BCUT2D eigenvalue weighted by Crippen LogP contribution is -2.09. The number of nitrogens with zero attached hydrogens (tertiary/aromatic N) is 1. The predicted octanol–water partition coefficient (Wildman–Crippen LogP) is 6.52. The van der Waals surface area contributed by atoms with E-state index in [2.05, 4.69) is 9.97 Å². The Kier molecular flexibility index (Phi) is 6.26. The highest BCUT2D eigenvalue weighted by Gasteiger charge is 2.21. The number of ether oxygens (including phenoxy) is 1. The van der Waals surface area contributed by atoms with E-state index in [-0.39, 0.29) is 16.5 Å². The molecule has 0 aliphatic heterocycles. The lowest BCUT2D eigenvalue weighted by molar-refractivity contribution is 0.0374. The highest BCUT2D eigenvalue weighted by atomic mass is 35.5. The summed E-state index contributed by atoms with van der Waals surface area (Å²) < 4.78 is 6.09. The molecule has 1 atom stereocenters. The van der Waals surface area contributed by atoms with Crippen molar-refractivity contribution in [2.24, 2.45) is 0 Å². The first-order valence-electron chi connectivity index (χ1n) is 7.53. The molecule has 2 aromatic carbocycles. The molecule has 25 heavy (non-hydrogen) atoms. The number of imidazole rings is 1. The monoisotopic (exact) mass is 414 g/mol. The van der Waals surface area contributed by atoms with Gasteiger partial charge < -0.3 is 9.72 Å². The zero-order valence-electron chi connectivity index (χ0n) is 13.0. The van der Waals surface area contributed by atoms with Gasteiger partial charge in [0.25, 0.3) is 0 Å². The number of benzene rings is 2. The van der Waals surface area contributed by atoms with Gasteiger partial charge in [0.2, 0.25) is 5.28 Å². The van der Waals surface area contributed by atoms with Crippen molar-refractivity contribution >= 4 is 46.4 Å². The molecule has 0 amide bonds. The number of aromatic nitrogens is 2. The SMILES string of the molecule is Clc1ccc(CC(OCc2ccccc2)c2[nH]c(Cl)nc2Cl)c(Cl)c1. The van der Waals surface area contributed by atoms with Gasteiger partial charge in [-0.2, -0.15) is 0 Å². The van der Waals surface area contributed by atoms with Crippen molar-refractivity contribution in [3.63, 3.8) is 0 Å². The summed E-state index contributed by atoms with van der Waals surface area (Å²) in [6.07, 6.45) is 0.118. The molecule has 0 fully saturated rings. The molecule has 0 saturated carbocycles. The van der Waals surface area contributed by atoms with Gasteiger partial charge in [-0.25, -0.2) is 4.98 Å². The molecule has 0 aliphatic carbocycles. The Morgan fingerprint density at radius 1 is 1.00 bits per heavy atom. The van der Waals surface area contributed by atoms with E-state index in [9.17, 15) is 0 Å². The van der Waals surface area contributed by atoms with E-state index >= 15 is 0 Å². The highest BCUT2D eigenvalue weighted by Crippen LogP contribution is 2.32. The van der Waals surface area contributed by atoms with Gasteiger partial charge in [0.05, 0.1) is 12.3 Å². The van der Waals surface area contributed by atoms with E-state index in [0.717, 1.165) is 11.1 Å². The van der Waals surface area contributed by atoms with Crippen LogP contribution in [0, 0.1) is 0 Å². The number of rotatable bonds is 6. The first-order chi connectivity index (χ1) is 12.0. The van der Waals surface area contributed by atoms with Crippen LogP contribution in [0.3, 0.4) is 0 Å². The van der Waals surface area contributed by atoms with Crippen LogP contribution in [0.25, 0.3) is 0 Å². The summed E-state index contributed by atoms with van der Waals surface area (Å²) >= 11 is 24.4. The lowest BCUT2D eigenvalue weighted by atomic mass is 10.1. The van der Waals surface area contributed by atoms with Crippen LogP contribution < -0.4 is 0 Å². The fourth-order valence-corrected chi connectivity index (χ4v) is 3.42. The van der Waals surface area contributed by atoms with Crippen LogP contribution in [0.4, 0.5) is 0 Å². The molecule has 130 valence electrons. The molecule has 1 N–H and O–H groups in total. The number of H-pyrrole nitrogens is 1. The first-order valence-corrected chi connectivity index (χ1v) is 9.04. The standard InChI is InChI=1S/C18H14Cl4N2O/c19-13-7-6-12(14(20)9-13)8-15(16-17(21)24-18(22)23-16)25-10-11-4-2-1-3-5-11/h1-7,9,15H,8,10H2,(H,23,24). The van der Waals surface area contributed by atoms with E-state index in [0.29, 0.717) is 28.8 Å². The second kappa shape index (κ2) is 8.43. The Balaban J connectivity index is 1.84. The number of hydrogen-bond donors (Lipinski definition) is 1. The Hall–Kier alpha value is -1.23. The Morgan fingerprint density at radius 2 is 1.76 bits per heavy atom. The van der Waals surface area contributed by atoms with Gasteiger partial charge in [-0.15, -0.1) is 0 Å². The van der Waals surface area contributed by atoms with E-state index in [1.807, 2.05) is 36.4 Å². The molecule has 0 aliphatic rings. The van der Waals surface area contributed by atoms with Crippen LogP contribution in [0.5, 0.6) is 0 Å². The topological polar surface area (TPSA) is 37.9 Å². The van der Waals surface area contributed by atoms with Crippen LogP contribution in [-0.4, -0.2) is 9.97 Å². The van der Waals surface area contributed by atoms with Gasteiger partial charge in [-0.3, -0.25) is 0 Å². The van der Waals surface area contributed by atoms with Crippen molar-refractivity contribution in [3.05, 3.63) is 85.8 Å². The van der Waals surface area contributed by atoms with Gasteiger partial charge in [-0.05, 0) is 34.9 Å². The zero-order valence-corrected chi connectivity index (χ0v) is 16.0. The fraction of sp³-hybridized carbons (Fsp3) is 0.167. The maximum Gasteiger partial charge on any atom is 0.201 e. The second-order valence-corrected chi connectivity index (χ2v) is 7.02. The average Bonchev–Trinajstić information content (AvgIpc) is 2.92. The maximum atomic E-state index is 6.30. The molecule has 3 nitrogen and oxygen atoms in total. The van der Waals surface area contributed by atoms with E-state index in [1.165, 1.54) is 0 Å². The summed E-state index contributed by atoms with van der Waals surface area (Å²) in [4.78, 5) is 6.97. The predicted molar refractivity (Wildman–Crippen MR) is 103 cm³/mol. The molecule has 3 rings (SSSR count). The number of halogens is 4. The number of nitrogens with one attached hydrogen (secondary N) is 1. The van der Waals surface area contributed by atoms with Crippen LogP contribution >= 0.6 is 46.4 Å². The van der Waals surface area contributed by atoms with Gasteiger partial charge in [0.1, 0.15) is 6.10 Å². The highest BCUT2D eigenvalue weighted by molar-refractivity contribution is 6.35. The van der Waals surface area contributed by atoms with Crippen molar-refractivity contribution in [3.8, 4) is 0 Å². The quantitative estimate of drug-likeness (QED) is 0.497. The molecule has 0 saturated heterocycles. The number of aromatic amines is 1. The summed E-state index contributed by atoms with van der Waals surface area (Å²) in [6, 6.07) is 15.2. The molecular formula is C18H14Cl4N2O. The van der Waals surface area contributed by atoms with Crippen LogP contribution in [0.2, 0.25) is 20.5 Å². The molecule has 3 aromatic rings. The van der Waals surface area contributed by atoms with Crippen molar-refractivity contribution in [2.45, 2.75) is 19.1 Å². The molecule has 1 aromatic heterocycles. The van der Waals surface area contributed by atoms with Gasteiger partial charge >= 0.3 is 0 Å². The molecule has 0 spiro atoms. The average molecular weight is 416 g/mol. The van der Waals surface area contributed by atoms with Crippen LogP contribution in [0.15, 0.2) is 48.5 Å². The minimum absolute atomic E-state index is 0.218. The summed E-state index contributed by atoms with van der Waals surface area (Å²) in [7, 11) is 0. The fourth-order valence-electron chi connectivity index (χ4n) is 2.45. The number of hydrogen-bond acceptors (Lipinski definition) is 2. The smallest absolute Gasteiger partial charge is 0.201 e. The second-order valence-electron chi connectivity index (χ2n) is 5.46. The van der Waals surface area contributed by atoms with Crippen molar-refractivity contribution < 1.29 is 4.74 Å². The van der Waals surface area contributed by atoms with Gasteiger partial charge in [-0.1, -0.05) is 71.2 Å². The van der Waals surface area contributed by atoms with Gasteiger partial charge in [0, 0.05) is 16.5 Å². The third-order valence-corrected chi connectivity index (χ3v) is 4.75. The van der Waals surface area contributed by atoms with Crippen molar-refractivity contribution in [1.82, 2.24) is 9.97 Å². The molecule has 1 unspecified atom stereocenters. The Bertz CT molecular complexity index is 852. The Labute approximate surface area is 165 Å². The summed E-state index contributed by atoms with van der Waals surface area (Å²) in [5, 5.41) is 1.66. The van der Waals surface area contributed by atoms with Crippen LogP contribution in [-0.2, 0) is 17.8 Å². The minimum Gasteiger partial charge on any atom is -0.367 e. The van der Waals surface area contributed by atoms with Gasteiger partial charge in [0.15, 0.2) is 5.15 Å². The van der Waals surface area contributed by atoms with Crippen molar-refractivity contribution in [1.29, 1.82) is 0 Å². The zero-order chi connectivity index (χ0) is 17.8. The van der Waals surface area contributed by atoms with E-state index < -0.39 is 0 Å². The van der Waals surface area contributed by atoms with E-state index in [1.54, 1.807) is 12.1 Å². The molecule has 1 heterocycles. The van der Waals surface area contributed by atoms with Crippen molar-refractivity contribution in [2.75, 3.05) is 0 Å². The first kappa shape index (κ1) is 18.6. The maximum absolute atomic E-state index is 6.30. The summed E-state index contributed by atoms with van der Waals surface area (Å²) in [5.74, 6) is 0. The molecule has 0 radical (unpaired) electrons. The summed E-state index contributed by atoms with van der Waals surface area (Å²) in [6.45, 7) is 0.420. The third kappa shape index (κ3) is 4.90. The third-order valence-electron chi connectivity index (χ3n) is 3.69. The summed E-state index contributed by atoms with van der Waals surface area (Å²) in [5.41, 5.74) is 2.57. The molecule has 0 bridgehead atoms. The molecular weight excluding hydrogens is 402 g/mol. The van der Waals surface area contributed by atoms with E-state index in [4.69, 9.17) is 51.1 Å². The largest absolute Gasteiger partial charge is 0.367 e. The lowest BCUT2D eigenvalue weighted by Gasteiger charge is -2.18. The van der Waals surface area contributed by atoms with Crippen LogP contribution in [0.1, 0.15) is 22.9 Å². The Morgan fingerprint density at radius 3 is 2.40 bits per heavy atom. The normalized spacial score (nSPS) is 12.3. The molecule has 7 heteroatoms. The minimum atomic E-state index is -0.383.